The van der Waals surface area contributed by atoms with E-state index < -0.39 is 0 Å². The zero-order valence-electron chi connectivity index (χ0n) is 11.2. The van der Waals surface area contributed by atoms with Crippen LogP contribution in [0.2, 0.25) is 0 Å². The summed E-state index contributed by atoms with van der Waals surface area (Å²) < 4.78 is 8.09. The number of thiophene rings is 1. The van der Waals surface area contributed by atoms with Gasteiger partial charge in [0.25, 0.3) is 0 Å². The molecule has 108 valence electrons. The van der Waals surface area contributed by atoms with Gasteiger partial charge in [-0.25, -0.2) is 0 Å². The van der Waals surface area contributed by atoms with Gasteiger partial charge in [0.2, 0.25) is 0 Å². The van der Waals surface area contributed by atoms with Crippen molar-refractivity contribution < 1.29 is 4.74 Å². The molecule has 1 aromatic carbocycles. The molecule has 1 aromatic heterocycles. The lowest BCUT2D eigenvalue weighted by Crippen LogP contribution is -2.21. The lowest BCUT2D eigenvalue weighted by molar-refractivity contribution is 0.303. The monoisotopic (exact) mass is 417 g/mol. The third-order valence-electron chi connectivity index (χ3n) is 3.09. The Bertz CT molecular complexity index is 571. The van der Waals surface area contributed by atoms with Crippen LogP contribution in [0, 0.1) is 0 Å². The maximum Gasteiger partial charge on any atom is 0.137 e. The Labute approximate surface area is 140 Å². The average Bonchev–Trinajstić information content (AvgIpc) is 2.83. The van der Waals surface area contributed by atoms with Gasteiger partial charge in [-0.15, -0.1) is 11.3 Å². The Morgan fingerprint density at radius 3 is 2.70 bits per heavy atom. The van der Waals surface area contributed by atoms with Gasteiger partial charge in [0.1, 0.15) is 12.4 Å². The Hall–Kier alpha value is -0.360. The summed E-state index contributed by atoms with van der Waals surface area (Å²) >= 11 is 8.78. The Kier molecular flexibility index (Phi) is 6.08. The van der Waals surface area contributed by atoms with Crippen molar-refractivity contribution in [3.8, 4) is 5.75 Å². The fourth-order valence-corrected chi connectivity index (χ4v) is 3.77. The molecule has 0 fully saturated rings. The lowest BCUT2D eigenvalue weighted by Gasteiger charge is -2.15. The van der Waals surface area contributed by atoms with Gasteiger partial charge in [-0.1, -0.05) is 19.1 Å². The van der Waals surface area contributed by atoms with E-state index in [0.717, 1.165) is 33.1 Å². The number of nitrogens with two attached hydrogens (primary N) is 1. The first-order valence-electron chi connectivity index (χ1n) is 6.49. The van der Waals surface area contributed by atoms with Crippen molar-refractivity contribution in [2.75, 3.05) is 0 Å². The van der Waals surface area contributed by atoms with Crippen molar-refractivity contribution in [3.63, 3.8) is 0 Å². The molecule has 2 nitrogen and oxygen atoms in total. The van der Waals surface area contributed by atoms with E-state index in [9.17, 15) is 0 Å². The minimum atomic E-state index is 0.167. The van der Waals surface area contributed by atoms with Crippen LogP contribution in [-0.2, 0) is 13.0 Å². The smallest absolute Gasteiger partial charge is 0.137 e. The molecule has 0 amide bonds. The summed E-state index contributed by atoms with van der Waals surface area (Å²) in [5, 5.41) is 2.05. The molecule has 0 bridgehead atoms. The Morgan fingerprint density at radius 2 is 2.05 bits per heavy atom. The van der Waals surface area contributed by atoms with Gasteiger partial charge in [0.05, 0.1) is 9.35 Å². The lowest BCUT2D eigenvalue weighted by atomic mass is 10.0. The maximum atomic E-state index is 6.06. The molecule has 0 radical (unpaired) electrons. The zero-order valence-corrected chi connectivity index (χ0v) is 15.2. The summed E-state index contributed by atoms with van der Waals surface area (Å²) in [6.07, 6.45) is 1.79. The van der Waals surface area contributed by atoms with Crippen LogP contribution in [0.25, 0.3) is 0 Å². The number of rotatable bonds is 6. The summed E-state index contributed by atoms with van der Waals surface area (Å²) in [5.74, 6) is 0.900. The van der Waals surface area contributed by atoms with Crippen molar-refractivity contribution in [3.05, 3.63) is 49.0 Å². The summed E-state index contributed by atoms with van der Waals surface area (Å²) in [6, 6.07) is 8.31. The SMILES string of the molecule is CCC(N)Cc1cccc(Br)c1OCc1sccc1Br. The number of hydrogen-bond donors (Lipinski definition) is 1. The van der Waals surface area contributed by atoms with E-state index in [1.807, 2.05) is 18.2 Å². The number of benzene rings is 1. The highest BCUT2D eigenvalue weighted by molar-refractivity contribution is 9.10. The second-order valence-electron chi connectivity index (χ2n) is 4.58. The third kappa shape index (κ3) is 4.07. The van der Waals surface area contributed by atoms with Crippen molar-refractivity contribution in [2.45, 2.75) is 32.4 Å². The minimum Gasteiger partial charge on any atom is -0.487 e. The van der Waals surface area contributed by atoms with Crippen LogP contribution < -0.4 is 10.5 Å². The van der Waals surface area contributed by atoms with Crippen LogP contribution in [0.15, 0.2) is 38.6 Å². The molecule has 2 aromatic rings. The Balaban J connectivity index is 2.15. The molecule has 1 unspecified atom stereocenters. The fraction of sp³-hybridized carbons (Fsp3) is 0.333. The largest absolute Gasteiger partial charge is 0.487 e. The molecule has 1 heterocycles. The van der Waals surface area contributed by atoms with Gasteiger partial charge in [-0.3, -0.25) is 0 Å². The summed E-state index contributed by atoms with van der Waals surface area (Å²) in [6.45, 7) is 2.67. The van der Waals surface area contributed by atoms with Crippen molar-refractivity contribution in [1.82, 2.24) is 0 Å². The van der Waals surface area contributed by atoms with Gasteiger partial charge in [-0.2, -0.15) is 0 Å². The van der Waals surface area contributed by atoms with E-state index in [0.29, 0.717) is 6.61 Å². The van der Waals surface area contributed by atoms with Crippen molar-refractivity contribution in [1.29, 1.82) is 0 Å². The maximum absolute atomic E-state index is 6.06. The predicted molar refractivity (Wildman–Crippen MR) is 92.5 cm³/mol. The van der Waals surface area contributed by atoms with Crippen LogP contribution >= 0.6 is 43.2 Å². The highest BCUT2D eigenvalue weighted by atomic mass is 79.9. The van der Waals surface area contributed by atoms with Crippen LogP contribution in [0.1, 0.15) is 23.8 Å². The minimum absolute atomic E-state index is 0.167. The van der Waals surface area contributed by atoms with Crippen LogP contribution in [0.5, 0.6) is 5.75 Å². The van der Waals surface area contributed by atoms with Gasteiger partial charge in [0, 0.05) is 10.5 Å². The molecule has 0 aliphatic rings. The quantitative estimate of drug-likeness (QED) is 0.705. The van der Waals surface area contributed by atoms with E-state index in [-0.39, 0.29) is 6.04 Å². The van der Waals surface area contributed by atoms with E-state index in [2.05, 4.69) is 50.2 Å². The van der Waals surface area contributed by atoms with Crippen LogP contribution in [0.3, 0.4) is 0 Å². The molecule has 5 heteroatoms. The van der Waals surface area contributed by atoms with E-state index in [1.165, 1.54) is 4.88 Å². The zero-order chi connectivity index (χ0) is 14.5. The molecule has 0 aliphatic heterocycles. The molecular weight excluding hydrogens is 402 g/mol. The second-order valence-corrected chi connectivity index (χ2v) is 7.29. The molecule has 0 spiro atoms. The average molecular weight is 419 g/mol. The highest BCUT2D eigenvalue weighted by Gasteiger charge is 2.12. The molecule has 2 rings (SSSR count). The number of ether oxygens (including phenoxy) is 1. The normalized spacial score (nSPS) is 12.4. The molecule has 0 saturated heterocycles. The molecular formula is C15H17Br2NOS. The predicted octanol–water partition coefficient (Wildman–Crippen LogP) is 5.13. The van der Waals surface area contributed by atoms with Crippen LogP contribution in [0.4, 0.5) is 0 Å². The number of halogens is 2. The summed E-state index contributed by atoms with van der Waals surface area (Å²) in [7, 11) is 0. The topological polar surface area (TPSA) is 35.2 Å². The van der Waals surface area contributed by atoms with Crippen molar-refractivity contribution >= 4 is 43.2 Å². The third-order valence-corrected chi connectivity index (χ3v) is 5.62. The van der Waals surface area contributed by atoms with Gasteiger partial charge in [0.15, 0.2) is 0 Å². The van der Waals surface area contributed by atoms with E-state index in [4.69, 9.17) is 10.5 Å². The summed E-state index contributed by atoms with van der Waals surface area (Å²) in [4.78, 5) is 1.19. The second kappa shape index (κ2) is 7.59. The van der Waals surface area contributed by atoms with Gasteiger partial charge in [-0.05, 0) is 67.8 Å². The first-order chi connectivity index (χ1) is 9.61. The highest BCUT2D eigenvalue weighted by Crippen LogP contribution is 2.32. The molecule has 0 saturated carbocycles. The molecule has 2 N–H and O–H groups in total. The molecule has 1 atom stereocenters. The van der Waals surface area contributed by atoms with Gasteiger partial charge < -0.3 is 10.5 Å². The first kappa shape index (κ1) is 16.0. The summed E-state index contributed by atoms with van der Waals surface area (Å²) in [5.41, 5.74) is 7.22. The Morgan fingerprint density at radius 1 is 1.25 bits per heavy atom. The van der Waals surface area contributed by atoms with Gasteiger partial charge >= 0.3 is 0 Å². The van der Waals surface area contributed by atoms with Crippen LogP contribution in [-0.4, -0.2) is 6.04 Å². The standard InChI is InChI=1S/C15H17Br2NOS/c1-2-11(18)8-10-4-3-5-13(17)15(10)19-9-14-12(16)6-7-20-14/h3-7,11H,2,8-9,18H2,1H3. The van der Waals surface area contributed by atoms with E-state index >= 15 is 0 Å². The molecule has 20 heavy (non-hydrogen) atoms. The molecule has 0 aliphatic carbocycles. The number of hydrogen-bond acceptors (Lipinski definition) is 3. The first-order valence-corrected chi connectivity index (χ1v) is 8.96. The van der Waals surface area contributed by atoms with Crippen molar-refractivity contribution in [2.24, 2.45) is 5.73 Å². The van der Waals surface area contributed by atoms with E-state index in [1.54, 1.807) is 11.3 Å². The number of para-hydroxylation sites is 1. The fourth-order valence-electron chi connectivity index (χ4n) is 1.87.